The van der Waals surface area contributed by atoms with Gasteiger partial charge in [-0.25, -0.2) is 9.97 Å². The minimum absolute atomic E-state index is 0.479. The largest absolute Gasteiger partial charge is 0.399 e. The van der Waals surface area contributed by atoms with Crippen molar-refractivity contribution in [2.75, 3.05) is 23.7 Å². The number of fused-ring (bicyclic) bond motifs is 1. The second-order valence-corrected chi connectivity index (χ2v) is 5.22. The van der Waals surface area contributed by atoms with Crippen LogP contribution in [-0.4, -0.2) is 23.1 Å². The normalized spacial score (nSPS) is 10.7. The summed E-state index contributed by atoms with van der Waals surface area (Å²) in [5.74, 6) is 1.37. The van der Waals surface area contributed by atoms with Gasteiger partial charge in [0.15, 0.2) is 0 Å². The van der Waals surface area contributed by atoms with Gasteiger partial charge >= 0.3 is 0 Å². The molecule has 0 aliphatic heterocycles. The zero-order valence-corrected chi connectivity index (χ0v) is 11.9. The number of nitriles is 1. The maximum absolute atomic E-state index is 8.82. The maximum atomic E-state index is 8.82. The molecule has 104 valence electrons. The highest BCUT2D eigenvalue weighted by Crippen LogP contribution is 2.25. The molecule has 5 heteroatoms. The topological polar surface area (TPSA) is 78.8 Å². The predicted molar refractivity (Wildman–Crippen MR) is 81.2 cm³/mol. The van der Waals surface area contributed by atoms with E-state index in [1.165, 1.54) is 0 Å². The molecule has 0 amide bonds. The van der Waals surface area contributed by atoms with E-state index in [1.807, 2.05) is 18.2 Å². The van der Waals surface area contributed by atoms with E-state index < -0.39 is 0 Å². The fraction of sp³-hybridized carbons (Fsp3) is 0.400. The number of hydrogen-bond donors (Lipinski definition) is 1. The van der Waals surface area contributed by atoms with Gasteiger partial charge in [-0.3, -0.25) is 0 Å². The van der Waals surface area contributed by atoms with Gasteiger partial charge in [-0.05, 0) is 24.1 Å². The van der Waals surface area contributed by atoms with Crippen molar-refractivity contribution in [3.05, 3.63) is 24.5 Å². The van der Waals surface area contributed by atoms with Crippen LogP contribution in [0, 0.1) is 17.2 Å². The van der Waals surface area contributed by atoms with E-state index in [-0.39, 0.29) is 0 Å². The van der Waals surface area contributed by atoms with Crippen LogP contribution in [0.1, 0.15) is 20.3 Å². The van der Waals surface area contributed by atoms with Crippen molar-refractivity contribution in [3.8, 4) is 6.07 Å². The van der Waals surface area contributed by atoms with Crippen molar-refractivity contribution in [3.63, 3.8) is 0 Å². The SMILES string of the molecule is CC(C)CN(CCC#N)c1ncnc2cc(N)ccc12. The summed E-state index contributed by atoms with van der Waals surface area (Å²) in [7, 11) is 0. The lowest BCUT2D eigenvalue weighted by Gasteiger charge is -2.25. The number of nitrogens with two attached hydrogens (primary N) is 1. The molecule has 0 radical (unpaired) electrons. The molecule has 0 bridgehead atoms. The molecule has 0 saturated carbocycles. The van der Waals surface area contributed by atoms with Gasteiger partial charge in [-0.1, -0.05) is 13.8 Å². The Morgan fingerprint density at radius 2 is 2.15 bits per heavy atom. The highest BCUT2D eigenvalue weighted by atomic mass is 15.2. The third-order valence-electron chi connectivity index (χ3n) is 3.02. The number of nitrogen functional groups attached to an aromatic ring is 1. The smallest absolute Gasteiger partial charge is 0.139 e. The van der Waals surface area contributed by atoms with Gasteiger partial charge in [0, 0.05) is 24.2 Å². The van der Waals surface area contributed by atoms with Gasteiger partial charge in [0.1, 0.15) is 12.1 Å². The molecule has 2 rings (SSSR count). The average molecular weight is 269 g/mol. The molecule has 0 saturated heterocycles. The average Bonchev–Trinajstić information content (AvgIpc) is 2.42. The fourth-order valence-corrected chi connectivity index (χ4v) is 2.22. The molecular weight excluding hydrogens is 250 g/mol. The molecule has 20 heavy (non-hydrogen) atoms. The fourth-order valence-electron chi connectivity index (χ4n) is 2.22. The Balaban J connectivity index is 2.44. The van der Waals surface area contributed by atoms with Crippen LogP contribution in [0.25, 0.3) is 10.9 Å². The Morgan fingerprint density at radius 3 is 2.85 bits per heavy atom. The molecule has 2 aromatic rings. The van der Waals surface area contributed by atoms with Crippen molar-refractivity contribution >= 4 is 22.4 Å². The van der Waals surface area contributed by atoms with Gasteiger partial charge in [0.2, 0.25) is 0 Å². The first-order valence-electron chi connectivity index (χ1n) is 6.74. The third kappa shape index (κ3) is 3.15. The first-order valence-corrected chi connectivity index (χ1v) is 6.74. The molecule has 0 spiro atoms. The molecule has 0 fully saturated rings. The summed E-state index contributed by atoms with van der Waals surface area (Å²) in [4.78, 5) is 10.8. The molecule has 1 aromatic carbocycles. The van der Waals surface area contributed by atoms with Gasteiger partial charge in [0.05, 0.1) is 18.0 Å². The first-order chi connectivity index (χ1) is 9.61. The summed E-state index contributed by atoms with van der Waals surface area (Å²) in [6, 6.07) is 7.84. The van der Waals surface area contributed by atoms with Crippen LogP contribution in [0.4, 0.5) is 11.5 Å². The van der Waals surface area contributed by atoms with E-state index in [2.05, 4.69) is 34.8 Å². The second-order valence-electron chi connectivity index (χ2n) is 5.22. The van der Waals surface area contributed by atoms with Crippen molar-refractivity contribution in [1.82, 2.24) is 9.97 Å². The van der Waals surface area contributed by atoms with Crippen molar-refractivity contribution in [1.29, 1.82) is 5.26 Å². The molecule has 0 aliphatic carbocycles. The van der Waals surface area contributed by atoms with E-state index in [9.17, 15) is 0 Å². The third-order valence-corrected chi connectivity index (χ3v) is 3.02. The molecule has 2 N–H and O–H groups in total. The highest BCUT2D eigenvalue weighted by Gasteiger charge is 2.13. The number of nitrogens with zero attached hydrogens (tertiary/aromatic N) is 4. The minimum Gasteiger partial charge on any atom is -0.399 e. The lowest BCUT2D eigenvalue weighted by Crippen LogP contribution is -2.29. The molecule has 1 heterocycles. The maximum Gasteiger partial charge on any atom is 0.139 e. The van der Waals surface area contributed by atoms with Gasteiger partial charge in [0.25, 0.3) is 0 Å². The quantitative estimate of drug-likeness (QED) is 0.844. The van der Waals surface area contributed by atoms with E-state index in [1.54, 1.807) is 6.33 Å². The van der Waals surface area contributed by atoms with E-state index in [0.717, 1.165) is 23.3 Å². The Morgan fingerprint density at radius 1 is 1.35 bits per heavy atom. The number of benzene rings is 1. The number of hydrogen-bond acceptors (Lipinski definition) is 5. The standard InChI is InChI=1S/C15H19N5/c1-11(2)9-20(7-3-6-16)15-13-5-4-12(17)8-14(13)18-10-19-15/h4-5,8,10-11H,3,7,9,17H2,1-2H3. The number of rotatable bonds is 5. The Hall–Kier alpha value is -2.35. The van der Waals surface area contributed by atoms with Crippen molar-refractivity contribution < 1.29 is 0 Å². The van der Waals surface area contributed by atoms with Crippen LogP contribution in [0.3, 0.4) is 0 Å². The van der Waals surface area contributed by atoms with Crippen LogP contribution in [0.2, 0.25) is 0 Å². The summed E-state index contributed by atoms with van der Waals surface area (Å²) in [6.07, 6.45) is 2.03. The summed E-state index contributed by atoms with van der Waals surface area (Å²) >= 11 is 0. The Labute approximate surface area is 119 Å². The molecule has 0 unspecified atom stereocenters. The van der Waals surface area contributed by atoms with Crippen LogP contribution >= 0.6 is 0 Å². The highest BCUT2D eigenvalue weighted by molar-refractivity contribution is 5.91. The van der Waals surface area contributed by atoms with Crippen molar-refractivity contribution in [2.45, 2.75) is 20.3 Å². The summed E-state index contributed by atoms with van der Waals surface area (Å²) < 4.78 is 0. The Bertz CT molecular complexity index is 630. The van der Waals surface area contributed by atoms with E-state index in [4.69, 9.17) is 11.0 Å². The van der Waals surface area contributed by atoms with Crippen LogP contribution in [0.15, 0.2) is 24.5 Å². The second kappa shape index (κ2) is 6.20. The predicted octanol–water partition coefficient (Wildman–Crippen LogP) is 2.59. The monoisotopic (exact) mass is 269 g/mol. The molecule has 1 aromatic heterocycles. The number of anilines is 2. The van der Waals surface area contributed by atoms with Crippen LogP contribution in [0.5, 0.6) is 0 Å². The first kappa shape index (κ1) is 14.1. The molecular formula is C15H19N5. The summed E-state index contributed by atoms with van der Waals surface area (Å²) in [5.41, 5.74) is 7.32. The zero-order chi connectivity index (χ0) is 14.5. The van der Waals surface area contributed by atoms with E-state index in [0.29, 0.717) is 24.6 Å². The van der Waals surface area contributed by atoms with Gasteiger partial charge in [-0.15, -0.1) is 0 Å². The summed E-state index contributed by atoms with van der Waals surface area (Å²) in [6.45, 7) is 5.84. The van der Waals surface area contributed by atoms with Crippen LogP contribution < -0.4 is 10.6 Å². The van der Waals surface area contributed by atoms with E-state index >= 15 is 0 Å². The summed E-state index contributed by atoms with van der Waals surface area (Å²) in [5, 5.41) is 9.79. The molecule has 0 aliphatic rings. The number of aromatic nitrogens is 2. The van der Waals surface area contributed by atoms with Crippen LogP contribution in [-0.2, 0) is 0 Å². The lowest BCUT2D eigenvalue weighted by atomic mass is 10.1. The van der Waals surface area contributed by atoms with Crippen molar-refractivity contribution in [2.24, 2.45) is 5.92 Å². The minimum atomic E-state index is 0.479. The lowest BCUT2D eigenvalue weighted by molar-refractivity contribution is 0.609. The molecule has 5 nitrogen and oxygen atoms in total. The Kier molecular flexibility index (Phi) is 4.36. The zero-order valence-electron chi connectivity index (χ0n) is 11.9. The van der Waals surface area contributed by atoms with Gasteiger partial charge < -0.3 is 10.6 Å². The molecule has 0 atom stereocenters. The van der Waals surface area contributed by atoms with Gasteiger partial charge in [-0.2, -0.15) is 5.26 Å².